The molecule has 0 radical (unpaired) electrons. The molecule has 12 heavy (non-hydrogen) atoms. The molecule has 2 rings (SSSR count). The summed E-state index contributed by atoms with van der Waals surface area (Å²) in [7, 11) is 1.96. The van der Waals surface area contributed by atoms with Gasteiger partial charge in [0.05, 0.1) is 0 Å². The van der Waals surface area contributed by atoms with Gasteiger partial charge in [0, 0.05) is 23.5 Å². The Bertz CT molecular complexity index is 381. The number of hydrogen-bond donors (Lipinski definition) is 0. The van der Waals surface area contributed by atoms with Crippen molar-refractivity contribution in [1.29, 1.82) is 0 Å². The molecule has 0 bridgehead atoms. The van der Waals surface area contributed by atoms with Gasteiger partial charge >= 0.3 is 0 Å². The topological polar surface area (TPSA) is 16.8 Å². The number of fused-ring (bicyclic) bond motifs is 1. The molecule has 0 amide bonds. The summed E-state index contributed by atoms with van der Waals surface area (Å²) < 4.78 is 1.89. The molecule has 1 aromatic carbocycles. The molecule has 0 N–H and O–H groups in total. The van der Waals surface area contributed by atoms with Crippen LogP contribution in [0.2, 0.25) is 0 Å². The van der Waals surface area contributed by atoms with Crippen LogP contribution >= 0.6 is 0 Å². The quantitative estimate of drug-likeness (QED) is 0.530. The van der Waals surface area contributed by atoms with Crippen LogP contribution in [-0.2, 0) is 7.05 Å². The summed E-state index contributed by atoms with van der Waals surface area (Å²) in [5, 5.41) is 5.59. The fourth-order valence-electron chi connectivity index (χ4n) is 1.26. The molecule has 2 aromatic rings. The molecule has 0 aliphatic rings. The first-order valence-electron chi connectivity index (χ1n) is 4.00. The van der Waals surface area contributed by atoms with Crippen LogP contribution in [0.25, 0.3) is 10.9 Å². The summed E-state index contributed by atoms with van der Waals surface area (Å²) in [5.41, 5.74) is 2.22. The summed E-state index contributed by atoms with van der Waals surface area (Å²) in [4.78, 5) is 0. The molecule has 60 valence electrons. The third-order valence-electron chi connectivity index (χ3n) is 2.07. The second kappa shape index (κ2) is 2.55. The Hall–Kier alpha value is -1.44. The van der Waals surface area contributed by atoms with E-state index in [1.54, 1.807) is 0 Å². The van der Waals surface area contributed by atoms with E-state index in [1.807, 2.05) is 29.9 Å². The number of aromatic nitrogens is 2. The average molecular weight is 159 g/mol. The Labute approximate surface area is 71.5 Å². The Morgan fingerprint density at radius 2 is 2.00 bits per heavy atom. The average Bonchev–Trinajstić information content (AvgIpc) is 2.07. The maximum Gasteiger partial charge on any atom is 0.205 e. The van der Waals surface area contributed by atoms with Crippen molar-refractivity contribution in [2.75, 3.05) is 0 Å². The van der Waals surface area contributed by atoms with Gasteiger partial charge in [0.15, 0.2) is 7.05 Å². The number of hydrogen-bond acceptors (Lipinski definition) is 1. The molecule has 2 heteroatoms. The van der Waals surface area contributed by atoms with Gasteiger partial charge in [-0.15, -0.1) is 0 Å². The van der Waals surface area contributed by atoms with Gasteiger partial charge in [-0.3, -0.25) is 0 Å². The standard InChI is InChI=1S/C10H11N2/c1-8-7-9-5-3-4-6-10(9)11-12(8)2/h3-7H,1-2H3/q+1. The van der Waals surface area contributed by atoms with Gasteiger partial charge in [0.1, 0.15) is 5.52 Å². The van der Waals surface area contributed by atoms with E-state index in [0.29, 0.717) is 0 Å². The van der Waals surface area contributed by atoms with Gasteiger partial charge < -0.3 is 0 Å². The maximum atomic E-state index is 4.39. The van der Waals surface area contributed by atoms with Gasteiger partial charge in [0.2, 0.25) is 5.69 Å². The zero-order chi connectivity index (χ0) is 8.55. The molecular weight excluding hydrogens is 148 g/mol. The summed E-state index contributed by atoms with van der Waals surface area (Å²) in [6.45, 7) is 2.06. The van der Waals surface area contributed by atoms with Crippen molar-refractivity contribution in [3.8, 4) is 0 Å². The molecule has 0 aliphatic heterocycles. The number of rotatable bonds is 0. The van der Waals surface area contributed by atoms with Gasteiger partial charge in [0.25, 0.3) is 0 Å². The SMILES string of the molecule is Cc1cc2ccccc2n[n+]1C. The minimum atomic E-state index is 1.05. The van der Waals surface area contributed by atoms with E-state index in [9.17, 15) is 0 Å². The van der Waals surface area contributed by atoms with E-state index >= 15 is 0 Å². The van der Waals surface area contributed by atoms with Crippen molar-refractivity contribution in [2.45, 2.75) is 6.92 Å². The van der Waals surface area contributed by atoms with Crippen molar-refractivity contribution < 1.29 is 4.68 Å². The van der Waals surface area contributed by atoms with Crippen LogP contribution in [0.1, 0.15) is 5.69 Å². The van der Waals surface area contributed by atoms with E-state index in [1.165, 1.54) is 11.1 Å². The highest BCUT2D eigenvalue weighted by molar-refractivity contribution is 5.77. The van der Waals surface area contributed by atoms with E-state index < -0.39 is 0 Å². The van der Waals surface area contributed by atoms with E-state index in [2.05, 4.69) is 24.2 Å². The number of nitrogens with zero attached hydrogens (tertiary/aromatic N) is 2. The Kier molecular flexibility index (Phi) is 1.54. The third-order valence-corrected chi connectivity index (χ3v) is 2.07. The lowest BCUT2D eigenvalue weighted by molar-refractivity contribution is -0.734. The minimum absolute atomic E-state index is 1.05. The predicted octanol–water partition coefficient (Wildman–Crippen LogP) is 1.37. The molecule has 0 aliphatic carbocycles. The number of benzene rings is 1. The van der Waals surface area contributed by atoms with Crippen molar-refractivity contribution in [3.63, 3.8) is 0 Å². The first-order valence-corrected chi connectivity index (χ1v) is 4.00. The fourth-order valence-corrected chi connectivity index (χ4v) is 1.26. The van der Waals surface area contributed by atoms with Crippen molar-refractivity contribution in [2.24, 2.45) is 7.05 Å². The molecule has 0 saturated heterocycles. The Morgan fingerprint density at radius 3 is 2.83 bits per heavy atom. The van der Waals surface area contributed by atoms with Gasteiger partial charge in [-0.05, 0) is 6.07 Å². The van der Waals surface area contributed by atoms with E-state index in [0.717, 1.165) is 5.52 Å². The monoisotopic (exact) mass is 159 g/mol. The largest absolute Gasteiger partial charge is 0.205 e. The molecule has 0 unspecified atom stereocenters. The predicted molar refractivity (Wildman–Crippen MR) is 47.7 cm³/mol. The van der Waals surface area contributed by atoms with Crippen molar-refractivity contribution >= 4 is 10.9 Å². The van der Waals surface area contributed by atoms with Crippen LogP contribution < -0.4 is 4.68 Å². The van der Waals surface area contributed by atoms with Gasteiger partial charge in [-0.1, -0.05) is 22.9 Å². The normalized spacial score (nSPS) is 10.5. The van der Waals surface area contributed by atoms with Crippen LogP contribution in [0, 0.1) is 6.92 Å². The molecule has 2 nitrogen and oxygen atoms in total. The Morgan fingerprint density at radius 1 is 1.25 bits per heavy atom. The molecule has 0 fully saturated rings. The minimum Gasteiger partial charge on any atom is -0.0909 e. The maximum absolute atomic E-state index is 4.39. The highest BCUT2D eigenvalue weighted by Crippen LogP contribution is 2.08. The summed E-state index contributed by atoms with van der Waals surface area (Å²) >= 11 is 0. The summed E-state index contributed by atoms with van der Waals surface area (Å²) in [6, 6.07) is 10.3. The lowest BCUT2D eigenvalue weighted by Gasteiger charge is -1.94. The zero-order valence-corrected chi connectivity index (χ0v) is 7.28. The molecule has 0 saturated carbocycles. The lowest BCUT2D eigenvalue weighted by atomic mass is 10.2. The molecule has 1 heterocycles. The summed E-state index contributed by atoms with van der Waals surface area (Å²) in [6.07, 6.45) is 0. The summed E-state index contributed by atoms with van der Waals surface area (Å²) in [5.74, 6) is 0. The van der Waals surface area contributed by atoms with E-state index in [-0.39, 0.29) is 0 Å². The second-order valence-corrected chi connectivity index (χ2v) is 2.97. The van der Waals surface area contributed by atoms with Crippen LogP contribution in [0.5, 0.6) is 0 Å². The first-order chi connectivity index (χ1) is 5.77. The zero-order valence-electron chi connectivity index (χ0n) is 7.28. The first kappa shape index (κ1) is 7.22. The molecule has 0 spiro atoms. The van der Waals surface area contributed by atoms with Crippen LogP contribution in [0.3, 0.4) is 0 Å². The lowest BCUT2D eigenvalue weighted by Crippen LogP contribution is -2.36. The van der Waals surface area contributed by atoms with Crippen LogP contribution in [-0.4, -0.2) is 5.10 Å². The third kappa shape index (κ3) is 1.05. The highest BCUT2D eigenvalue weighted by atomic mass is 15.2. The van der Waals surface area contributed by atoms with E-state index in [4.69, 9.17) is 0 Å². The van der Waals surface area contributed by atoms with Crippen LogP contribution in [0.15, 0.2) is 30.3 Å². The van der Waals surface area contributed by atoms with Crippen molar-refractivity contribution in [1.82, 2.24) is 5.10 Å². The van der Waals surface area contributed by atoms with Crippen LogP contribution in [0.4, 0.5) is 0 Å². The molecular formula is C10H11N2+. The van der Waals surface area contributed by atoms with Gasteiger partial charge in [-0.2, -0.15) is 0 Å². The number of aryl methyl sites for hydroxylation is 2. The fraction of sp³-hybridized carbons (Fsp3) is 0.200. The molecule has 0 atom stereocenters. The molecule has 1 aromatic heterocycles. The highest BCUT2D eigenvalue weighted by Gasteiger charge is 2.03. The van der Waals surface area contributed by atoms with Gasteiger partial charge in [-0.25, -0.2) is 0 Å². The van der Waals surface area contributed by atoms with Crippen molar-refractivity contribution in [3.05, 3.63) is 36.0 Å². The smallest absolute Gasteiger partial charge is 0.0909 e. The Balaban J connectivity index is 2.84. The second-order valence-electron chi connectivity index (χ2n) is 2.97.